The molecule has 1 aliphatic rings. The Morgan fingerprint density at radius 1 is 1.42 bits per heavy atom. The summed E-state index contributed by atoms with van der Waals surface area (Å²) < 4.78 is 0. The summed E-state index contributed by atoms with van der Waals surface area (Å²) in [5, 5.41) is 6.17. The van der Waals surface area contributed by atoms with E-state index in [9.17, 15) is 9.59 Å². The van der Waals surface area contributed by atoms with Crippen molar-refractivity contribution in [1.82, 2.24) is 10.2 Å². The van der Waals surface area contributed by atoms with Crippen LogP contribution in [0.1, 0.15) is 6.92 Å². The minimum Gasteiger partial charge on any atom is -0.354 e. The van der Waals surface area contributed by atoms with Gasteiger partial charge in [-0.05, 0) is 31.2 Å². The van der Waals surface area contributed by atoms with E-state index in [0.29, 0.717) is 23.8 Å². The maximum atomic E-state index is 12.1. The number of piperazine rings is 1. The second-order valence-corrected chi connectivity index (χ2v) is 4.93. The summed E-state index contributed by atoms with van der Waals surface area (Å²) in [5.74, 6) is -0.172. The van der Waals surface area contributed by atoms with Crippen LogP contribution in [0.4, 0.5) is 5.69 Å². The normalized spacial score (nSPS) is 17.7. The van der Waals surface area contributed by atoms with Crippen molar-refractivity contribution in [2.75, 3.05) is 25.0 Å². The Hall–Kier alpha value is -1.59. The van der Waals surface area contributed by atoms with E-state index in [1.54, 1.807) is 31.2 Å². The second kappa shape index (κ2) is 6.04. The Balaban J connectivity index is 1.95. The summed E-state index contributed by atoms with van der Waals surface area (Å²) in [4.78, 5) is 25.2. The van der Waals surface area contributed by atoms with Crippen LogP contribution in [0, 0.1) is 0 Å². The fourth-order valence-corrected chi connectivity index (χ4v) is 2.06. The molecule has 2 rings (SSSR count). The van der Waals surface area contributed by atoms with Crippen LogP contribution in [0.3, 0.4) is 0 Å². The van der Waals surface area contributed by atoms with Crippen molar-refractivity contribution in [3.05, 3.63) is 29.3 Å². The molecule has 1 saturated heterocycles. The van der Waals surface area contributed by atoms with Crippen molar-refractivity contribution < 1.29 is 9.59 Å². The molecule has 1 fully saturated rings. The van der Waals surface area contributed by atoms with Gasteiger partial charge in [-0.2, -0.15) is 0 Å². The van der Waals surface area contributed by atoms with Crippen LogP contribution in [-0.4, -0.2) is 42.4 Å². The molecule has 0 unspecified atom stereocenters. The van der Waals surface area contributed by atoms with Crippen LogP contribution in [-0.2, 0) is 9.59 Å². The summed E-state index contributed by atoms with van der Waals surface area (Å²) in [6.07, 6.45) is 0. The third kappa shape index (κ3) is 3.68. The molecule has 0 bridgehead atoms. The van der Waals surface area contributed by atoms with Crippen molar-refractivity contribution in [3.8, 4) is 0 Å². The van der Waals surface area contributed by atoms with E-state index in [4.69, 9.17) is 11.6 Å². The van der Waals surface area contributed by atoms with Crippen molar-refractivity contribution in [3.63, 3.8) is 0 Å². The number of nitrogens with one attached hydrogen (secondary N) is 2. The smallest absolute Gasteiger partial charge is 0.241 e. The zero-order valence-corrected chi connectivity index (χ0v) is 11.4. The molecular formula is C13H16ClN3O2. The Morgan fingerprint density at radius 2 is 2.11 bits per heavy atom. The van der Waals surface area contributed by atoms with Crippen LogP contribution < -0.4 is 10.6 Å². The third-order valence-electron chi connectivity index (χ3n) is 3.11. The van der Waals surface area contributed by atoms with E-state index < -0.39 is 0 Å². The minimum absolute atomic E-state index is 0.0441. The van der Waals surface area contributed by atoms with Crippen molar-refractivity contribution in [1.29, 1.82) is 0 Å². The SMILES string of the molecule is C[C@@H](C(=O)Nc1ccc(Cl)cc1)N1CCNC(=O)C1. The number of halogens is 1. The van der Waals surface area contributed by atoms with Crippen molar-refractivity contribution >= 4 is 29.1 Å². The average molecular weight is 282 g/mol. The van der Waals surface area contributed by atoms with Crippen LogP contribution in [0.5, 0.6) is 0 Å². The molecular weight excluding hydrogens is 266 g/mol. The van der Waals surface area contributed by atoms with Gasteiger partial charge in [0.05, 0.1) is 12.6 Å². The van der Waals surface area contributed by atoms with Gasteiger partial charge in [0.15, 0.2) is 0 Å². The molecule has 1 aliphatic heterocycles. The van der Waals surface area contributed by atoms with Crippen LogP contribution in [0.25, 0.3) is 0 Å². The fraction of sp³-hybridized carbons (Fsp3) is 0.385. The first-order valence-corrected chi connectivity index (χ1v) is 6.51. The highest BCUT2D eigenvalue weighted by Gasteiger charge is 2.25. The number of carbonyl (C=O) groups excluding carboxylic acids is 2. The molecule has 1 atom stereocenters. The van der Waals surface area contributed by atoms with Crippen LogP contribution in [0.15, 0.2) is 24.3 Å². The molecule has 2 amide bonds. The Kier molecular flexibility index (Phi) is 4.39. The highest BCUT2D eigenvalue weighted by molar-refractivity contribution is 6.30. The van der Waals surface area contributed by atoms with Gasteiger partial charge in [0.2, 0.25) is 11.8 Å². The van der Waals surface area contributed by atoms with E-state index in [2.05, 4.69) is 10.6 Å². The van der Waals surface area contributed by atoms with Gasteiger partial charge in [0, 0.05) is 23.8 Å². The van der Waals surface area contributed by atoms with Gasteiger partial charge in [0.25, 0.3) is 0 Å². The third-order valence-corrected chi connectivity index (χ3v) is 3.36. The number of carbonyl (C=O) groups is 2. The lowest BCUT2D eigenvalue weighted by molar-refractivity contribution is -0.127. The van der Waals surface area contributed by atoms with Gasteiger partial charge in [-0.1, -0.05) is 11.6 Å². The summed E-state index contributed by atoms with van der Waals surface area (Å²) >= 11 is 5.78. The first-order valence-electron chi connectivity index (χ1n) is 6.13. The second-order valence-electron chi connectivity index (χ2n) is 4.49. The molecule has 0 radical (unpaired) electrons. The number of hydrogen-bond donors (Lipinski definition) is 2. The molecule has 1 heterocycles. The Morgan fingerprint density at radius 3 is 2.74 bits per heavy atom. The monoisotopic (exact) mass is 281 g/mol. The molecule has 1 aromatic rings. The summed E-state index contributed by atoms with van der Waals surface area (Å²) in [6.45, 7) is 3.32. The van der Waals surface area contributed by atoms with Gasteiger partial charge in [-0.15, -0.1) is 0 Å². The Labute approximate surface area is 116 Å². The van der Waals surface area contributed by atoms with Gasteiger partial charge in [-0.3, -0.25) is 14.5 Å². The molecule has 6 heteroatoms. The number of nitrogens with zero attached hydrogens (tertiary/aromatic N) is 1. The van der Waals surface area contributed by atoms with Gasteiger partial charge >= 0.3 is 0 Å². The first-order chi connectivity index (χ1) is 9.06. The maximum absolute atomic E-state index is 12.1. The standard InChI is InChI=1S/C13H16ClN3O2/c1-9(17-7-6-15-12(18)8-17)13(19)16-11-4-2-10(14)3-5-11/h2-5,9H,6-8H2,1H3,(H,15,18)(H,16,19)/t9-/m0/s1. The molecule has 0 aromatic heterocycles. The van der Waals surface area contributed by atoms with Crippen molar-refractivity contribution in [2.24, 2.45) is 0 Å². The molecule has 5 nitrogen and oxygen atoms in total. The number of benzene rings is 1. The highest BCUT2D eigenvalue weighted by Crippen LogP contribution is 2.14. The lowest BCUT2D eigenvalue weighted by Gasteiger charge is -2.31. The maximum Gasteiger partial charge on any atom is 0.241 e. The molecule has 0 spiro atoms. The molecule has 102 valence electrons. The molecule has 0 saturated carbocycles. The van der Waals surface area contributed by atoms with Gasteiger partial charge in [-0.25, -0.2) is 0 Å². The Bertz CT molecular complexity index is 475. The number of anilines is 1. The number of amides is 2. The number of rotatable bonds is 3. The largest absolute Gasteiger partial charge is 0.354 e. The predicted molar refractivity (Wildman–Crippen MR) is 74.1 cm³/mol. The molecule has 19 heavy (non-hydrogen) atoms. The lowest BCUT2D eigenvalue weighted by atomic mass is 10.2. The first kappa shape index (κ1) is 13.8. The molecule has 1 aromatic carbocycles. The average Bonchev–Trinajstić information content (AvgIpc) is 2.40. The van der Waals surface area contributed by atoms with Crippen LogP contribution >= 0.6 is 11.6 Å². The minimum atomic E-state index is -0.346. The summed E-state index contributed by atoms with van der Waals surface area (Å²) in [7, 11) is 0. The van der Waals surface area contributed by atoms with Crippen molar-refractivity contribution in [2.45, 2.75) is 13.0 Å². The van der Waals surface area contributed by atoms with Gasteiger partial charge < -0.3 is 10.6 Å². The van der Waals surface area contributed by atoms with E-state index in [1.807, 2.05) is 4.90 Å². The molecule has 2 N–H and O–H groups in total. The van der Waals surface area contributed by atoms with Gasteiger partial charge in [0.1, 0.15) is 0 Å². The summed E-state index contributed by atoms with van der Waals surface area (Å²) in [5.41, 5.74) is 0.697. The zero-order chi connectivity index (χ0) is 13.8. The summed E-state index contributed by atoms with van der Waals surface area (Å²) in [6, 6.07) is 6.58. The van der Waals surface area contributed by atoms with Crippen LogP contribution in [0.2, 0.25) is 5.02 Å². The zero-order valence-electron chi connectivity index (χ0n) is 10.6. The number of hydrogen-bond acceptors (Lipinski definition) is 3. The van der Waals surface area contributed by atoms with E-state index in [1.165, 1.54) is 0 Å². The topological polar surface area (TPSA) is 61.4 Å². The molecule has 0 aliphatic carbocycles. The van der Waals surface area contributed by atoms with E-state index >= 15 is 0 Å². The predicted octanol–water partition coefficient (Wildman–Crippen LogP) is 1.10. The van der Waals surface area contributed by atoms with E-state index in [-0.39, 0.29) is 24.4 Å². The fourth-order valence-electron chi connectivity index (χ4n) is 1.93. The highest BCUT2D eigenvalue weighted by atomic mass is 35.5. The lowest BCUT2D eigenvalue weighted by Crippen LogP contribution is -2.53. The quantitative estimate of drug-likeness (QED) is 0.872. The van der Waals surface area contributed by atoms with E-state index in [0.717, 1.165) is 0 Å².